The maximum Gasteiger partial charge on any atom is 0.251 e. The monoisotopic (exact) mass is 284 g/mol. The number of anilines is 2. The van der Waals surface area contributed by atoms with Gasteiger partial charge in [-0.25, -0.2) is 0 Å². The van der Waals surface area contributed by atoms with Crippen LogP contribution in [-0.2, 0) is 0 Å². The number of benzene rings is 2. The highest BCUT2D eigenvalue weighted by atomic mass is 16.4. The lowest BCUT2D eigenvalue weighted by Gasteiger charge is -2.01. The number of aromatic hydroxyl groups is 2. The van der Waals surface area contributed by atoms with Gasteiger partial charge in [-0.05, 0) is 24.3 Å². The van der Waals surface area contributed by atoms with Gasteiger partial charge in [-0.1, -0.05) is 0 Å². The molecule has 6 N–H and O–H groups in total. The molecular formula is C14H12N4O3. The van der Waals surface area contributed by atoms with Gasteiger partial charge in [0.25, 0.3) is 11.8 Å². The van der Waals surface area contributed by atoms with E-state index in [2.05, 4.69) is 10.2 Å². The molecule has 0 atom stereocenters. The Balaban J connectivity index is 2.03. The Morgan fingerprint density at radius 3 is 1.57 bits per heavy atom. The number of aromatic nitrogens is 2. The molecular weight excluding hydrogens is 272 g/mol. The Morgan fingerprint density at radius 1 is 0.762 bits per heavy atom. The molecule has 3 rings (SSSR count). The van der Waals surface area contributed by atoms with Crippen LogP contribution in [0.15, 0.2) is 40.8 Å². The fraction of sp³-hybridized carbons (Fsp3) is 0. The molecule has 2 aromatic carbocycles. The highest BCUT2D eigenvalue weighted by Gasteiger charge is 2.16. The molecule has 0 radical (unpaired) electrons. The summed E-state index contributed by atoms with van der Waals surface area (Å²) in [7, 11) is 0. The molecule has 0 amide bonds. The van der Waals surface area contributed by atoms with Crippen LogP contribution >= 0.6 is 0 Å². The molecule has 21 heavy (non-hydrogen) atoms. The maximum atomic E-state index is 9.84. The van der Waals surface area contributed by atoms with Crippen molar-refractivity contribution in [3.05, 3.63) is 36.4 Å². The summed E-state index contributed by atoms with van der Waals surface area (Å²) in [5, 5.41) is 27.4. The number of hydrogen-bond acceptors (Lipinski definition) is 7. The SMILES string of the molecule is Nc1ccc(-c2nnc(-c3ccc(N)cc3O)o2)c(O)c1. The van der Waals surface area contributed by atoms with Gasteiger partial charge < -0.3 is 26.1 Å². The van der Waals surface area contributed by atoms with Crippen LogP contribution < -0.4 is 11.5 Å². The van der Waals surface area contributed by atoms with Gasteiger partial charge in [0.2, 0.25) is 0 Å². The van der Waals surface area contributed by atoms with Crippen LogP contribution in [0.2, 0.25) is 0 Å². The van der Waals surface area contributed by atoms with E-state index < -0.39 is 0 Å². The van der Waals surface area contributed by atoms with Crippen molar-refractivity contribution < 1.29 is 14.6 Å². The van der Waals surface area contributed by atoms with Gasteiger partial charge in [-0.15, -0.1) is 10.2 Å². The summed E-state index contributed by atoms with van der Waals surface area (Å²) in [5.74, 6) is 0.121. The molecule has 0 saturated heterocycles. The van der Waals surface area contributed by atoms with Gasteiger partial charge >= 0.3 is 0 Å². The minimum Gasteiger partial charge on any atom is -0.507 e. The first-order chi connectivity index (χ1) is 10.0. The zero-order valence-corrected chi connectivity index (χ0v) is 10.8. The lowest BCUT2D eigenvalue weighted by molar-refractivity contribution is 0.471. The molecule has 106 valence electrons. The largest absolute Gasteiger partial charge is 0.507 e. The topological polar surface area (TPSA) is 131 Å². The summed E-state index contributed by atoms with van der Waals surface area (Å²) in [6.07, 6.45) is 0. The van der Waals surface area contributed by atoms with Gasteiger partial charge in [0.05, 0.1) is 11.1 Å². The fourth-order valence-electron chi connectivity index (χ4n) is 1.90. The predicted octanol–water partition coefficient (Wildman–Crippen LogP) is 1.98. The van der Waals surface area contributed by atoms with E-state index in [0.29, 0.717) is 22.5 Å². The van der Waals surface area contributed by atoms with E-state index in [-0.39, 0.29) is 23.3 Å². The average Bonchev–Trinajstić information content (AvgIpc) is 2.87. The van der Waals surface area contributed by atoms with Gasteiger partial charge in [-0.3, -0.25) is 0 Å². The number of nitrogen functional groups attached to an aromatic ring is 2. The maximum absolute atomic E-state index is 9.84. The molecule has 0 spiro atoms. The molecule has 0 aliphatic heterocycles. The van der Waals surface area contributed by atoms with Crippen molar-refractivity contribution in [2.24, 2.45) is 0 Å². The Labute approximate surface area is 119 Å². The Bertz CT molecular complexity index is 748. The summed E-state index contributed by atoms with van der Waals surface area (Å²) in [6.45, 7) is 0. The van der Waals surface area contributed by atoms with E-state index in [9.17, 15) is 10.2 Å². The number of phenols is 2. The van der Waals surface area contributed by atoms with Crippen LogP contribution in [0.3, 0.4) is 0 Å². The normalized spacial score (nSPS) is 10.7. The lowest BCUT2D eigenvalue weighted by atomic mass is 10.2. The number of nitrogens with two attached hydrogens (primary N) is 2. The molecule has 7 heteroatoms. The highest BCUT2D eigenvalue weighted by Crippen LogP contribution is 2.34. The molecule has 1 heterocycles. The average molecular weight is 284 g/mol. The van der Waals surface area contributed by atoms with Crippen LogP contribution in [0.1, 0.15) is 0 Å². The standard InChI is InChI=1S/C14H12N4O3/c15-7-1-3-9(11(19)5-7)13-17-18-14(21-13)10-4-2-8(16)6-12(10)20/h1-6,19-20H,15-16H2. The molecule has 7 nitrogen and oxygen atoms in total. The van der Waals surface area contributed by atoms with E-state index in [1.54, 1.807) is 24.3 Å². The first-order valence-electron chi connectivity index (χ1n) is 6.06. The number of nitrogens with zero attached hydrogens (tertiary/aromatic N) is 2. The molecule has 0 fully saturated rings. The smallest absolute Gasteiger partial charge is 0.251 e. The molecule has 3 aromatic rings. The third kappa shape index (κ3) is 2.32. The third-order valence-corrected chi connectivity index (χ3v) is 2.93. The second-order valence-electron chi connectivity index (χ2n) is 4.47. The van der Waals surface area contributed by atoms with Gasteiger partial charge in [0, 0.05) is 23.5 Å². The quantitative estimate of drug-likeness (QED) is 0.529. The number of phenolic OH excluding ortho intramolecular Hbond substituents is 2. The Morgan fingerprint density at radius 2 is 1.19 bits per heavy atom. The fourth-order valence-corrected chi connectivity index (χ4v) is 1.90. The van der Waals surface area contributed by atoms with Crippen LogP contribution in [0.5, 0.6) is 11.5 Å². The van der Waals surface area contributed by atoms with Gasteiger partial charge in [-0.2, -0.15) is 0 Å². The highest BCUT2D eigenvalue weighted by molar-refractivity contribution is 5.69. The summed E-state index contributed by atoms with van der Waals surface area (Å²) >= 11 is 0. The minimum absolute atomic E-state index is 0.0632. The first kappa shape index (κ1) is 12.8. The predicted molar refractivity (Wildman–Crippen MR) is 77.3 cm³/mol. The summed E-state index contributed by atoms with van der Waals surface area (Å²) in [5.41, 5.74) is 12.7. The van der Waals surface area contributed by atoms with E-state index in [1.807, 2.05) is 0 Å². The zero-order valence-electron chi connectivity index (χ0n) is 10.8. The van der Waals surface area contributed by atoms with Gasteiger partial charge in [0.1, 0.15) is 11.5 Å². The first-order valence-corrected chi connectivity index (χ1v) is 6.06. The summed E-state index contributed by atoms with van der Waals surface area (Å²) in [6, 6.07) is 9.15. The Hall–Kier alpha value is -3.22. The molecule has 0 aliphatic carbocycles. The van der Waals surface area contributed by atoms with E-state index >= 15 is 0 Å². The van der Waals surface area contributed by atoms with E-state index in [4.69, 9.17) is 15.9 Å². The lowest BCUT2D eigenvalue weighted by Crippen LogP contribution is -1.85. The van der Waals surface area contributed by atoms with Crippen LogP contribution in [-0.4, -0.2) is 20.4 Å². The second kappa shape index (κ2) is 4.71. The van der Waals surface area contributed by atoms with Crippen molar-refractivity contribution >= 4 is 11.4 Å². The third-order valence-electron chi connectivity index (χ3n) is 2.93. The van der Waals surface area contributed by atoms with Crippen LogP contribution in [0.25, 0.3) is 22.9 Å². The van der Waals surface area contributed by atoms with Crippen molar-refractivity contribution in [3.63, 3.8) is 0 Å². The van der Waals surface area contributed by atoms with Crippen LogP contribution in [0, 0.1) is 0 Å². The summed E-state index contributed by atoms with van der Waals surface area (Å²) in [4.78, 5) is 0. The Kier molecular flexibility index (Phi) is 2.87. The van der Waals surface area contributed by atoms with Gasteiger partial charge in [0.15, 0.2) is 0 Å². The van der Waals surface area contributed by atoms with Crippen molar-refractivity contribution in [3.8, 4) is 34.4 Å². The molecule has 0 aliphatic rings. The van der Waals surface area contributed by atoms with Crippen molar-refractivity contribution in [2.45, 2.75) is 0 Å². The number of rotatable bonds is 2. The molecule has 0 unspecified atom stereocenters. The minimum atomic E-state index is -0.0632. The molecule has 1 aromatic heterocycles. The summed E-state index contributed by atoms with van der Waals surface area (Å²) < 4.78 is 5.47. The zero-order chi connectivity index (χ0) is 15.0. The van der Waals surface area contributed by atoms with Crippen molar-refractivity contribution in [1.29, 1.82) is 0 Å². The second-order valence-corrected chi connectivity index (χ2v) is 4.47. The van der Waals surface area contributed by atoms with Crippen molar-refractivity contribution in [2.75, 3.05) is 11.5 Å². The number of hydrogen-bond donors (Lipinski definition) is 4. The molecule has 0 bridgehead atoms. The molecule has 0 saturated carbocycles. The van der Waals surface area contributed by atoms with Crippen LogP contribution in [0.4, 0.5) is 11.4 Å². The van der Waals surface area contributed by atoms with Crippen molar-refractivity contribution in [1.82, 2.24) is 10.2 Å². The van der Waals surface area contributed by atoms with E-state index in [1.165, 1.54) is 12.1 Å². The van der Waals surface area contributed by atoms with E-state index in [0.717, 1.165) is 0 Å².